The molecule has 0 spiro atoms. The van der Waals surface area contributed by atoms with Gasteiger partial charge in [0.2, 0.25) is 0 Å². The number of carbonyl (C=O) groups excluding carboxylic acids is 1. The Labute approximate surface area is 137 Å². The number of thiocarbonyl (C=S) groups is 1. The largest absolute Gasteiger partial charge is 0.391 e. The molecular formula is C15H18BrFN2OS. The van der Waals surface area contributed by atoms with Gasteiger partial charge in [0, 0.05) is 10.0 Å². The quantitative estimate of drug-likeness (QED) is 0.797. The fourth-order valence-electron chi connectivity index (χ4n) is 2.66. The molecule has 21 heavy (non-hydrogen) atoms. The lowest BCUT2D eigenvalue weighted by molar-refractivity contribution is 0.0900. The predicted molar refractivity (Wildman–Crippen MR) is 88.7 cm³/mol. The van der Waals surface area contributed by atoms with Gasteiger partial charge in [-0.05, 0) is 49.8 Å². The van der Waals surface area contributed by atoms with Crippen LogP contribution in [-0.4, -0.2) is 16.4 Å². The fraction of sp³-hybridized carbons (Fsp3) is 0.467. The smallest absolute Gasteiger partial charge is 0.252 e. The van der Waals surface area contributed by atoms with Gasteiger partial charge in [-0.1, -0.05) is 35.1 Å². The van der Waals surface area contributed by atoms with Crippen LogP contribution in [0.1, 0.15) is 43.0 Å². The van der Waals surface area contributed by atoms with E-state index in [0.29, 0.717) is 15.4 Å². The zero-order valence-electron chi connectivity index (χ0n) is 11.8. The monoisotopic (exact) mass is 372 g/mol. The normalized spacial score (nSPS) is 25.4. The lowest BCUT2D eigenvalue weighted by Gasteiger charge is -2.39. The Morgan fingerprint density at radius 2 is 2.05 bits per heavy atom. The lowest BCUT2D eigenvalue weighted by atomic mass is 9.77. The first kappa shape index (κ1) is 16.4. The zero-order valence-corrected chi connectivity index (χ0v) is 14.2. The Bertz CT molecular complexity index is 551. The second kappa shape index (κ2) is 6.40. The van der Waals surface area contributed by atoms with Gasteiger partial charge in [-0.15, -0.1) is 0 Å². The first-order valence-corrected chi connectivity index (χ1v) is 8.11. The van der Waals surface area contributed by atoms with Crippen molar-refractivity contribution in [3.05, 3.63) is 34.1 Å². The van der Waals surface area contributed by atoms with E-state index in [1.807, 2.05) is 0 Å². The van der Waals surface area contributed by atoms with Crippen molar-refractivity contribution in [2.75, 3.05) is 0 Å². The molecule has 0 saturated heterocycles. The number of nitrogens with two attached hydrogens (primary N) is 1. The molecule has 6 heteroatoms. The molecule has 0 radical (unpaired) electrons. The number of hydrogen-bond acceptors (Lipinski definition) is 2. The first-order valence-electron chi connectivity index (χ1n) is 6.91. The van der Waals surface area contributed by atoms with Crippen molar-refractivity contribution in [1.29, 1.82) is 0 Å². The van der Waals surface area contributed by atoms with Crippen LogP contribution in [0, 0.1) is 11.7 Å². The summed E-state index contributed by atoms with van der Waals surface area (Å²) in [6.45, 7) is 2.18. The maximum Gasteiger partial charge on any atom is 0.252 e. The number of nitrogens with one attached hydrogen (secondary N) is 1. The predicted octanol–water partition coefficient (Wildman–Crippen LogP) is 3.55. The maximum atomic E-state index is 13.4. The second-order valence-corrected chi connectivity index (χ2v) is 7.10. The highest BCUT2D eigenvalue weighted by Crippen LogP contribution is 2.32. The highest BCUT2D eigenvalue weighted by Gasteiger charge is 2.38. The third kappa shape index (κ3) is 3.80. The minimum Gasteiger partial charge on any atom is -0.391 e. The van der Waals surface area contributed by atoms with E-state index >= 15 is 0 Å². The third-order valence-corrected chi connectivity index (χ3v) is 4.93. The van der Waals surface area contributed by atoms with E-state index in [9.17, 15) is 9.18 Å². The van der Waals surface area contributed by atoms with Crippen LogP contribution in [0.3, 0.4) is 0 Å². The summed E-state index contributed by atoms with van der Waals surface area (Å²) in [5, 5.41) is 2.93. The van der Waals surface area contributed by atoms with Gasteiger partial charge in [-0.25, -0.2) is 4.39 Å². The van der Waals surface area contributed by atoms with Crippen LogP contribution in [0.5, 0.6) is 0 Å². The van der Waals surface area contributed by atoms with Crippen LogP contribution >= 0.6 is 28.1 Å². The molecule has 1 aromatic carbocycles. The summed E-state index contributed by atoms with van der Waals surface area (Å²) in [4.78, 5) is 12.7. The Morgan fingerprint density at radius 1 is 1.43 bits per heavy atom. The number of halogens is 2. The molecule has 0 aromatic heterocycles. The van der Waals surface area contributed by atoms with E-state index in [4.69, 9.17) is 18.0 Å². The molecule has 0 unspecified atom stereocenters. The second-order valence-electron chi connectivity index (χ2n) is 5.74. The van der Waals surface area contributed by atoms with Crippen LogP contribution < -0.4 is 11.1 Å². The molecule has 0 heterocycles. The Hall–Kier alpha value is -1.01. The molecule has 1 fully saturated rings. The number of amides is 1. The van der Waals surface area contributed by atoms with Crippen LogP contribution in [0.4, 0.5) is 4.39 Å². The van der Waals surface area contributed by atoms with Crippen LogP contribution in [-0.2, 0) is 0 Å². The molecule has 0 aliphatic heterocycles. The van der Waals surface area contributed by atoms with Gasteiger partial charge in [-0.2, -0.15) is 0 Å². The topological polar surface area (TPSA) is 55.1 Å². The van der Waals surface area contributed by atoms with Crippen molar-refractivity contribution < 1.29 is 9.18 Å². The van der Waals surface area contributed by atoms with Crippen molar-refractivity contribution in [1.82, 2.24) is 5.32 Å². The standard InChI is InChI=1S/C15H18BrFN2OS/c1-9-2-4-15(5-3-9,14(18)21)19-13(20)10-6-11(16)8-12(17)7-10/h6-9H,2-5H2,1H3,(H2,18,21)(H,19,20). The van der Waals surface area contributed by atoms with Crippen molar-refractivity contribution in [2.24, 2.45) is 11.7 Å². The first-order chi connectivity index (χ1) is 9.82. The summed E-state index contributed by atoms with van der Waals surface area (Å²) in [7, 11) is 0. The SMILES string of the molecule is CC1CCC(NC(=O)c2cc(F)cc(Br)c2)(C(N)=S)CC1. The molecule has 114 valence electrons. The molecule has 1 aliphatic rings. The van der Waals surface area contributed by atoms with Crippen molar-refractivity contribution >= 4 is 39.0 Å². The minimum absolute atomic E-state index is 0.260. The number of carbonyl (C=O) groups is 1. The van der Waals surface area contributed by atoms with Crippen molar-refractivity contribution in [3.63, 3.8) is 0 Å². The van der Waals surface area contributed by atoms with Gasteiger partial charge in [0.15, 0.2) is 0 Å². The van der Waals surface area contributed by atoms with E-state index in [-0.39, 0.29) is 11.5 Å². The summed E-state index contributed by atoms with van der Waals surface area (Å²) in [5.41, 5.74) is 5.47. The van der Waals surface area contributed by atoms with Gasteiger partial charge >= 0.3 is 0 Å². The molecule has 3 nitrogen and oxygen atoms in total. The van der Waals surface area contributed by atoms with E-state index < -0.39 is 11.4 Å². The third-order valence-electron chi connectivity index (χ3n) is 4.08. The van der Waals surface area contributed by atoms with Crippen molar-refractivity contribution in [3.8, 4) is 0 Å². The number of rotatable bonds is 3. The van der Waals surface area contributed by atoms with E-state index in [1.165, 1.54) is 12.1 Å². The van der Waals surface area contributed by atoms with Gasteiger partial charge in [0.1, 0.15) is 5.82 Å². The summed E-state index contributed by atoms with van der Waals surface area (Å²) < 4.78 is 13.9. The average molecular weight is 373 g/mol. The highest BCUT2D eigenvalue weighted by atomic mass is 79.9. The van der Waals surface area contributed by atoms with Crippen LogP contribution in [0.15, 0.2) is 22.7 Å². The average Bonchev–Trinajstić information content (AvgIpc) is 2.40. The summed E-state index contributed by atoms with van der Waals surface area (Å²) in [6.07, 6.45) is 3.38. The summed E-state index contributed by atoms with van der Waals surface area (Å²) in [6, 6.07) is 4.10. The molecular weight excluding hydrogens is 355 g/mol. The van der Waals surface area contributed by atoms with Gasteiger partial charge < -0.3 is 11.1 Å². The summed E-state index contributed by atoms with van der Waals surface area (Å²) >= 11 is 8.35. The molecule has 3 N–H and O–H groups in total. The molecule has 1 aromatic rings. The molecule has 1 aliphatic carbocycles. The number of benzene rings is 1. The molecule has 2 rings (SSSR count). The van der Waals surface area contributed by atoms with E-state index in [0.717, 1.165) is 25.7 Å². The minimum atomic E-state index is -0.655. The van der Waals surface area contributed by atoms with E-state index in [1.54, 1.807) is 6.07 Å². The van der Waals surface area contributed by atoms with Gasteiger partial charge in [0.05, 0.1) is 10.5 Å². The van der Waals surface area contributed by atoms with Crippen molar-refractivity contribution in [2.45, 2.75) is 38.1 Å². The summed E-state index contributed by atoms with van der Waals surface area (Å²) in [5.74, 6) is -0.207. The Morgan fingerprint density at radius 3 is 2.57 bits per heavy atom. The van der Waals surface area contributed by atoms with Crippen LogP contribution in [0.2, 0.25) is 0 Å². The lowest BCUT2D eigenvalue weighted by Crippen LogP contribution is -2.58. The Balaban J connectivity index is 2.21. The van der Waals surface area contributed by atoms with Gasteiger partial charge in [0.25, 0.3) is 5.91 Å². The molecule has 0 bridgehead atoms. The van der Waals surface area contributed by atoms with Crippen LogP contribution in [0.25, 0.3) is 0 Å². The molecule has 0 atom stereocenters. The van der Waals surface area contributed by atoms with E-state index in [2.05, 4.69) is 28.2 Å². The highest BCUT2D eigenvalue weighted by molar-refractivity contribution is 9.10. The Kier molecular flexibility index (Phi) is 4.99. The zero-order chi connectivity index (χ0) is 15.6. The fourth-order valence-corrected chi connectivity index (χ4v) is 3.38. The molecule has 1 saturated carbocycles. The molecule has 1 amide bonds. The number of hydrogen-bond donors (Lipinski definition) is 2. The van der Waals surface area contributed by atoms with Gasteiger partial charge in [-0.3, -0.25) is 4.79 Å². The maximum absolute atomic E-state index is 13.4.